The molecule has 2 aliphatic rings. The molecule has 3 heteroatoms. The third kappa shape index (κ3) is 3.31. The van der Waals surface area contributed by atoms with E-state index in [-0.39, 0.29) is 17.8 Å². The first-order valence-electron chi connectivity index (χ1n) is 7.87. The molecule has 0 bridgehead atoms. The molecule has 3 unspecified atom stereocenters. The lowest BCUT2D eigenvalue weighted by molar-refractivity contribution is -0.167. The van der Waals surface area contributed by atoms with Gasteiger partial charge in [-0.3, -0.25) is 4.79 Å². The summed E-state index contributed by atoms with van der Waals surface area (Å²) in [5.41, 5.74) is -0.841. The van der Waals surface area contributed by atoms with Crippen molar-refractivity contribution in [1.82, 2.24) is 0 Å². The van der Waals surface area contributed by atoms with Crippen molar-refractivity contribution in [3.05, 3.63) is 0 Å². The van der Waals surface area contributed by atoms with Gasteiger partial charge in [-0.15, -0.1) is 0 Å². The molecule has 3 atom stereocenters. The fourth-order valence-corrected chi connectivity index (χ4v) is 3.93. The predicted octanol–water partition coefficient (Wildman–Crippen LogP) is 3.15. The van der Waals surface area contributed by atoms with Crippen LogP contribution in [0.2, 0.25) is 0 Å². The van der Waals surface area contributed by atoms with Crippen LogP contribution in [0.15, 0.2) is 0 Å². The Morgan fingerprint density at radius 1 is 1.32 bits per heavy atom. The van der Waals surface area contributed by atoms with E-state index in [1.165, 1.54) is 19.3 Å². The molecule has 0 amide bonds. The Balaban J connectivity index is 2.11. The fraction of sp³-hybridized carbons (Fsp3) is 0.938. The number of carbonyl (C=O) groups is 1. The molecule has 110 valence electrons. The Bertz CT molecular complexity index is 322. The van der Waals surface area contributed by atoms with Crippen molar-refractivity contribution < 1.29 is 14.6 Å². The molecule has 0 saturated heterocycles. The van der Waals surface area contributed by atoms with Gasteiger partial charge < -0.3 is 9.84 Å². The van der Waals surface area contributed by atoms with Crippen LogP contribution in [-0.2, 0) is 9.53 Å². The molecular formula is C16H28O3. The Labute approximate surface area is 116 Å². The molecule has 2 aliphatic carbocycles. The van der Waals surface area contributed by atoms with Gasteiger partial charge in [0, 0.05) is 0 Å². The summed E-state index contributed by atoms with van der Waals surface area (Å²) < 4.78 is 5.20. The molecule has 0 aromatic heterocycles. The second kappa shape index (κ2) is 5.82. The molecule has 3 nitrogen and oxygen atoms in total. The zero-order valence-corrected chi connectivity index (χ0v) is 12.5. The van der Waals surface area contributed by atoms with Gasteiger partial charge in [-0.1, -0.05) is 20.3 Å². The second-order valence-corrected chi connectivity index (χ2v) is 6.77. The quantitative estimate of drug-likeness (QED) is 0.779. The molecular weight excluding hydrogens is 240 g/mol. The molecule has 0 aliphatic heterocycles. The van der Waals surface area contributed by atoms with Crippen LogP contribution in [-0.4, -0.2) is 23.3 Å². The van der Waals surface area contributed by atoms with E-state index in [1.807, 2.05) is 20.8 Å². The van der Waals surface area contributed by atoms with Gasteiger partial charge in [-0.25, -0.2) is 0 Å². The van der Waals surface area contributed by atoms with Gasteiger partial charge >= 0.3 is 5.97 Å². The minimum absolute atomic E-state index is 0.127. The maximum atomic E-state index is 12.2. The maximum Gasteiger partial charge on any atom is 0.312 e. The number of aliphatic hydroxyl groups is 1. The van der Waals surface area contributed by atoms with Gasteiger partial charge in [0.25, 0.3) is 0 Å². The van der Waals surface area contributed by atoms with Crippen LogP contribution < -0.4 is 0 Å². The summed E-state index contributed by atoms with van der Waals surface area (Å²) in [6.07, 6.45) is 6.43. The molecule has 0 aromatic carbocycles. The lowest BCUT2D eigenvalue weighted by Gasteiger charge is -2.43. The van der Waals surface area contributed by atoms with Crippen molar-refractivity contribution in [1.29, 1.82) is 0 Å². The molecule has 0 aromatic rings. The minimum atomic E-state index is -0.841. The maximum absolute atomic E-state index is 12.2. The fourth-order valence-electron chi connectivity index (χ4n) is 3.93. The number of hydrogen-bond acceptors (Lipinski definition) is 3. The second-order valence-electron chi connectivity index (χ2n) is 6.77. The SMILES string of the molecule is CCOC(=O)C(C(C)C)C1(O)CCCC(C2CC2)C1. The van der Waals surface area contributed by atoms with Crippen molar-refractivity contribution in [2.24, 2.45) is 23.7 Å². The van der Waals surface area contributed by atoms with Crippen LogP contribution in [0.3, 0.4) is 0 Å². The van der Waals surface area contributed by atoms with Crippen molar-refractivity contribution >= 4 is 5.97 Å². The summed E-state index contributed by atoms with van der Waals surface area (Å²) in [5.74, 6) is 0.976. The normalized spacial score (nSPS) is 33.2. The molecule has 2 saturated carbocycles. The Morgan fingerprint density at radius 3 is 2.53 bits per heavy atom. The highest BCUT2D eigenvalue weighted by atomic mass is 16.5. The number of ether oxygens (including phenoxy) is 1. The molecule has 19 heavy (non-hydrogen) atoms. The summed E-state index contributed by atoms with van der Waals surface area (Å²) >= 11 is 0. The van der Waals surface area contributed by atoms with Gasteiger partial charge in [-0.05, 0) is 56.8 Å². The van der Waals surface area contributed by atoms with Gasteiger partial charge in [0.1, 0.15) is 0 Å². The highest BCUT2D eigenvalue weighted by Gasteiger charge is 2.49. The first kappa shape index (κ1) is 14.8. The highest BCUT2D eigenvalue weighted by molar-refractivity contribution is 5.74. The van der Waals surface area contributed by atoms with E-state index in [0.717, 1.165) is 25.2 Å². The summed E-state index contributed by atoms with van der Waals surface area (Å²) in [5, 5.41) is 11.0. The molecule has 1 N–H and O–H groups in total. The van der Waals surface area contributed by atoms with Crippen molar-refractivity contribution in [2.45, 2.75) is 64.9 Å². The van der Waals surface area contributed by atoms with E-state index in [4.69, 9.17) is 4.74 Å². The Hall–Kier alpha value is -0.570. The van der Waals surface area contributed by atoms with E-state index in [2.05, 4.69) is 0 Å². The van der Waals surface area contributed by atoms with Crippen LogP contribution in [0.1, 0.15) is 59.3 Å². The molecule has 0 spiro atoms. The van der Waals surface area contributed by atoms with E-state index in [9.17, 15) is 9.90 Å². The van der Waals surface area contributed by atoms with Crippen LogP contribution in [0.4, 0.5) is 0 Å². The van der Waals surface area contributed by atoms with Gasteiger partial charge in [0.05, 0.1) is 18.1 Å². The lowest BCUT2D eigenvalue weighted by atomic mass is 9.67. The smallest absolute Gasteiger partial charge is 0.312 e. The van der Waals surface area contributed by atoms with Crippen molar-refractivity contribution in [3.63, 3.8) is 0 Å². The highest BCUT2D eigenvalue weighted by Crippen LogP contribution is 2.49. The average molecular weight is 268 g/mol. The van der Waals surface area contributed by atoms with Crippen LogP contribution in [0.5, 0.6) is 0 Å². The van der Waals surface area contributed by atoms with Gasteiger partial charge in [0.2, 0.25) is 0 Å². The first-order chi connectivity index (χ1) is 8.98. The Morgan fingerprint density at radius 2 is 2.00 bits per heavy atom. The third-order valence-corrected chi connectivity index (χ3v) is 4.88. The zero-order valence-electron chi connectivity index (χ0n) is 12.5. The summed E-state index contributed by atoms with van der Waals surface area (Å²) in [7, 11) is 0. The van der Waals surface area contributed by atoms with E-state index < -0.39 is 5.60 Å². The number of esters is 1. The molecule has 0 radical (unpaired) electrons. The van der Waals surface area contributed by atoms with Gasteiger partial charge in [0.15, 0.2) is 0 Å². The predicted molar refractivity (Wildman–Crippen MR) is 74.6 cm³/mol. The Kier molecular flexibility index (Phi) is 4.54. The van der Waals surface area contributed by atoms with Crippen LogP contribution in [0.25, 0.3) is 0 Å². The first-order valence-corrected chi connectivity index (χ1v) is 7.87. The van der Waals surface area contributed by atoms with Crippen LogP contribution in [0, 0.1) is 23.7 Å². The standard InChI is InChI=1S/C16H28O3/c1-4-19-15(17)14(11(2)3)16(18)9-5-6-13(10-16)12-7-8-12/h11-14,18H,4-10H2,1-3H3. The summed E-state index contributed by atoms with van der Waals surface area (Å²) in [6, 6.07) is 0. The molecule has 2 fully saturated rings. The molecule has 0 heterocycles. The van der Waals surface area contributed by atoms with E-state index >= 15 is 0 Å². The van der Waals surface area contributed by atoms with Crippen LogP contribution >= 0.6 is 0 Å². The van der Waals surface area contributed by atoms with E-state index in [0.29, 0.717) is 12.5 Å². The third-order valence-electron chi connectivity index (χ3n) is 4.88. The number of carbonyl (C=O) groups excluding carboxylic acids is 1. The molecule has 2 rings (SSSR count). The summed E-state index contributed by atoms with van der Waals surface area (Å²) in [4.78, 5) is 12.2. The van der Waals surface area contributed by atoms with E-state index in [1.54, 1.807) is 0 Å². The van der Waals surface area contributed by atoms with Crippen molar-refractivity contribution in [2.75, 3.05) is 6.61 Å². The van der Waals surface area contributed by atoms with Crippen molar-refractivity contribution in [3.8, 4) is 0 Å². The monoisotopic (exact) mass is 268 g/mol. The summed E-state index contributed by atoms with van der Waals surface area (Å²) in [6.45, 7) is 6.25. The largest absolute Gasteiger partial charge is 0.466 e. The minimum Gasteiger partial charge on any atom is -0.466 e. The number of hydrogen-bond donors (Lipinski definition) is 1. The lowest BCUT2D eigenvalue weighted by Crippen LogP contribution is -2.49. The average Bonchev–Trinajstić information content (AvgIpc) is 3.11. The van der Waals surface area contributed by atoms with Gasteiger partial charge in [-0.2, -0.15) is 0 Å². The number of rotatable bonds is 5. The topological polar surface area (TPSA) is 46.5 Å². The zero-order chi connectivity index (χ0) is 14.0.